The predicted molar refractivity (Wildman–Crippen MR) is 84.6 cm³/mol. The smallest absolute Gasteiger partial charge is 0.228 e. The molecule has 0 spiro atoms. The SMILES string of the molecule is Nc1c(Cl)cc(NC(=O)C2CC2c2cccnc2)cc1Cl. The number of benzene rings is 1. The third-order valence-corrected chi connectivity index (χ3v) is 4.21. The summed E-state index contributed by atoms with van der Waals surface area (Å²) in [6.07, 6.45) is 4.35. The third-order valence-electron chi connectivity index (χ3n) is 3.59. The first-order valence-corrected chi connectivity index (χ1v) is 7.27. The number of pyridine rings is 1. The van der Waals surface area contributed by atoms with Gasteiger partial charge in [-0.1, -0.05) is 29.3 Å². The van der Waals surface area contributed by atoms with Gasteiger partial charge in [-0.2, -0.15) is 0 Å². The van der Waals surface area contributed by atoms with E-state index in [-0.39, 0.29) is 17.7 Å². The number of rotatable bonds is 3. The summed E-state index contributed by atoms with van der Waals surface area (Å²) in [7, 11) is 0. The van der Waals surface area contributed by atoms with Crippen molar-refractivity contribution in [1.82, 2.24) is 4.98 Å². The highest BCUT2D eigenvalue weighted by atomic mass is 35.5. The summed E-state index contributed by atoms with van der Waals surface area (Å²) in [5, 5.41) is 3.49. The second-order valence-corrected chi connectivity index (χ2v) is 5.89. The summed E-state index contributed by atoms with van der Waals surface area (Å²) in [5.41, 5.74) is 7.63. The molecule has 3 N–H and O–H groups in total. The third kappa shape index (κ3) is 2.96. The number of nitrogens with one attached hydrogen (secondary N) is 1. The second-order valence-electron chi connectivity index (χ2n) is 5.08. The molecule has 1 aliphatic carbocycles. The van der Waals surface area contributed by atoms with Crippen LogP contribution >= 0.6 is 23.2 Å². The topological polar surface area (TPSA) is 68.0 Å². The maximum Gasteiger partial charge on any atom is 0.228 e. The van der Waals surface area contributed by atoms with Crippen LogP contribution in [0.1, 0.15) is 17.9 Å². The normalized spacial score (nSPS) is 20.1. The second kappa shape index (κ2) is 5.54. The molecule has 4 nitrogen and oxygen atoms in total. The molecule has 2 aromatic rings. The first-order valence-electron chi connectivity index (χ1n) is 6.51. The van der Waals surface area contributed by atoms with Crippen LogP contribution in [0, 0.1) is 5.92 Å². The summed E-state index contributed by atoms with van der Waals surface area (Å²) in [5.74, 6) is 0.156. The molecule has 0 aliphatic heterocycles. The molecule has 0 radical (unpaired) electrons. The van der Waals surface area contributed by atoms with Gasteiger partial charge in [-0.15, -0.1) is 0 Å². The number of hydrogen-bond acceptors (Lipinski definition) is 3. The van der Waals surface area contributed by atoms with Gasteiger partial charge in [0, 0.05) is 24.0 Å². The summed E-state index contributed by atoms with van der Waals surface area (Å²) in [6.45, 7) is 0. The number of carbonyl (C=O) groups is 1. The Labute approximate surface area is 132 Å². The molecule has 0 bridgehead atoms. The molecule has 1 amide bonds. The van der Waals surface area contributed by atoms with Gasteiger partial charge in [0.05, 0.1) is 15.7 Å². The fourth-order valence-electron chi connectivity index (χ4n) is 2.34. The van der Waals surface area contributed by atoms with E-state index in [2.05, 4.69) is 10.3 Å². The van der Waals surface area contributed by atoms with E-state index in [4.69, 9.17) is 28.9 Å². The van der Waals surface area contributed by atoms with Crippen molar-refractivity contribution in [3.05, 3.63) is 52.3 Å². The molecule has 3 rings (SSSR count). The van der Waals surface area contributed by atoms with Gasteiger partial charge >= 0.3 is 0 Å². The van der Waals surface area contributed by atoms with Crippen LogP contribution in [0.4, 0.5) is 11.4 Å². The Morgan fingerprint density at radius 2 is 2.05 bits per heavy atom. The summed E-state index contributed by atoms with van der Waals surface area (Å²) in [6, 6.07) is 7.06. The Kier molecular flexibility index (Phi) is 3.74. The average molecular weight is 322 g/mol. The maximum atomic E-state index is 12.2. The van der Waals surface area contributed by atoms with Crippen LogP contribution < -0.4 is 11.1 Å². The Balaban J connectivity index is 1.69. The molecule has 2 atom stereocenters. The van der Waals surface area contributed by atoms with Crippen molar-refractivity contribution < 1.29 is 4.79 Å². The number of nitrogens with zero attached hydrogens (tertiary/aromatic N) is 1. The van der Waals surface area contributed by atoms with Crippen molar-refractivity contribution in [2.45, 2.75) is 12.3 Å². The highest BCUT2D eigenvalue weighted by molar-refractivity contribution is 6.39. The lowest BCUT2D eigenvalue weighted by atomic mass is 10.1. The molecule has 2 unspecified atom stereocenters. The average Bonchev–Trinajstić information content (AvgIpc) is 3.26. The minimum absolute atomic E-state index is 0.0377. The Morgan fingerprint density at radius 3 is 2.67 bits per heavy atom. The lowest BCUT2D eigenvalue weighted by molar-refractivity contribution is -0.117. The van der Waals surface area contributed by atoms with E-state index >= 15 is 0 Å². The van der Waals surface area contributed by atoms with E-state index < -0.39 is 0 Å². The van der Waals surface area contributed by atoms with E-state index in [0.717, 1.165) is 12.0 Å². The summed E-state index contributed by atoms with van der Waals surface area (Å²) in [4.78, 5) is 16.3. The van der Waals surface area contributed by atoms with Gasteiger partial charge in [0.1, 0.15) is 0 Å². The molecule has 6 heteroatoms. The van der Waals surface area contributed by atoms with Crippen LogP contribution in [-0.2, 0) is 4.79 Å². The van der Waals surface area contributed by atoms with E-state index in [9.17, 15) is 4.79 Å². The van der Waals surface area contributed by atoms with E-state index in [1.165, 1.54) is 0 Å². The Bertz CT molecular complexity index is 668. The van der Waals surface area contributed by atoms with Crippen molar-refractivity contribution in [2.75, 3.05) is 11.1 Å². The first-order chi connectivity index (χ1) is 10.1. The van der Waals surface area contributed by atoms with Gasteiger partial charge in [0.15, 0.2) is 0 Å². The quantitative estimate of drug-likeness (QED) is 0.847. The highest BCUT2D eigenvalue weighted by Gasteiger charge is 2.44. The fraction of sp³-hybridized carbons (Fsp3) is 0.200. The largest absolute Gasteiger partial charge is 0.396 e. The molecule has 1 aromatic heterocycles. The van der Waals surface area contributed by atoms with Gasteiger partial charge in [0.25, 0.3) is 0 Å². The lowest BCUT2D eigenvalue weighted by Crippen LogP contribution is -2.14. The van der Waals surface area contributed by atoms with Crippen molar-refractivity contribution in [2.24, 2.45) is 5.92 Å². The molecule has 1 heterocycles. The molecule has 0 saturated heterocycles. The molecular formula is C15H13Cl2N3O. The molecule has 1 aromatic carbocycles. The van der Waals surface area contributed by atoms with Crippen molar-refractivity contribution in [3.63, 3.8) is 0 Å². The molecule has 1 fully saturated rings. The van der Waals surface area contributed by atoms with Gasteiger partial charge in [-0.25, -0.2) is 0 Å². The number of nitrogen functional groups attached to an aromatic ring is 1. The lowest BCUT2D eigenvalue weighted by Gasteiger charge is -2.08. The minimum atomic E-state index is -0.0410. The number of carbonyl (C=O) groups excluding carboxylic acids is 1. The van der Waals surface area contributed by atoms with Gasteiger partial charge < -0.3 is 11.1 Å². The zero-order chi connectivity index (χ0) is 15.0. The van der Waals surface area contributed by atoms with E-state index in [0.29, 0.717) is 21.4 Å². The van der Waals surface area contributed by atoms with Gasteiger partial charge in [-0.3, -0.25) is 9.78 Å². The van der Waals surface area contributed by atoms with Gasteiger partial charge in [0.2, 0.25) is 5.91 Å². The monoisotopic (exact) mass is 321 g/mol. The molecule has 1 aliphatic rings. The number of hydrogen-bond donors (Lipinski definition) is 2. The molecule has 21 heavy (non-hydrogen) atoms. The summed E-state index contributed by atoms with van der Waals surface area (Å²) >= 11 is 11.9. The maximum absolute atomic E-state index is 12.2. The number of anilines is 2. The van der Waals surface area contributed by atoms with Crippen LogP contribution in [0.2, 0.25) is 10.0 Å². The van der Waals surface area contributed by atoms with E-state index in [1.807, 2.05) is 12.1 Å². The molecule has 1 saturated carbocycles. The van der Waals surface area contributed by atoms with Gasteiger partial charge in [-0.05, 0) is 36.1 Å². The number of nitrogens with two attached hydrogens (primary N) is 1. The van der Waals surface area contributed by atoms with Crippen molar-refractivity contribution in [3.8, 4) is 0 Å². The molecular weight excluding hydrogens is 309 g/mol. The van der Waals surface area contributed by atoms with Crippen molar-refractivity contribution in [1.29, 1.82) is 0 Å². The Morgan fingerprint density at radius 1 is 1.33 bits per heavy atom. The zero-order valence-corrected chi connectivity index (χ0v) is 12.5. The van der Waals surface area contributed by atoms with Crippen LogP contribution in [0.3, 0.4) is 0 Å². The zero-order valence-electron chi connectivity index (χ0n) is 11.0. The first kappa shape index (κ1) is 14.2. The van der Waals surface area contributed by atoms with Crippen LogP contribution in [0.25, 0.3) is 0 Å². The Hall–Kier alpha value is -1.78. The van der Waals surface area contributed by atoms with Crippen LogP contribution in [0.15, 0.2) is 36.7 Å². The highest BCUT2D eigenvalue weighted by Crippen LogP contribution is 2.47. The number of amides is 1. The molecule has 108 valence electrons. The fourth-order valence-corrected chi connectivity index (χ4v) is 2.83. The predicted octanol–water partition coefficient (Wildman–Crippen LogP) is 3.71. The van der Waals surface area contributed by atoms with E-state index in [1.54, 1.807) is 24.5 Å². The number of aromatic nitrogens is 1. The standard InChI is InChI=1S/C15H13Cl2N3O/c16-12-4-9(5-13(17)14(12)18)20-15(21)11-6-10(11)8-2-1-3-19-7-8/h1-5,7,10-11H,6,18H2,(H,20,21). The van der Waals surface area contributed by atoms with Crippen LogP contribution in [-0.4, -0.2) is 10.9 Å². The van der Waals surface area contributed by atoms with Crippen LogP contribution in [0.5, 0.6) is 0 Å². The number of halogens is 2. The summed E-state index contributed by atoms with van der Waals surface area (Å²) < 4.78 is 0. The van der Waals surface area contributed by atoms with Crippen molar-refractivity contribution >= 4 is 40.5 Å². The minimum Gasteiger partial charge on any atom is -0.396 e.